The lowest BCUT2D eigenvalue weighted by Gasteiger charge is -2.12. The first kappa shape index (κ1) is 18.1. The van der Waals surface area contributed by atoms with Crippen LogP contribution in [-0.2, 0) is 0 Å². The molecule has 0 atom stereocenters. The van der Waals surface area contributed by atoms with Gasteiger partial charge < -0.3 is 14.8 Å². The van der Waals surface area contributed by atoms with E-state index in [2.05, 4.69) is 15.3 Å². The first-order valence-electron chi connectivity index (χ1n) is 8.14. The van der Waals surface area contributed by atoms with Gasteiger partial charge in [-0.2, -0.15) is 4.98 Å². The minimum absolute atomic E-state index is 0.0622. The van der Waals surface area contributed by atoms with Crippen molar-refractivity contribution in [1.82, 2.24) is 9.97 Å². The van der Waals surface area contributed by atoms with Gasteiger partial charge in [0.05, 0.1) is 12.0 Å². The molecular weight excluding hydrogens is 348 g/mol. The normalized spacial score (nSPS) is 10.3. The van der Waals surface area contributed by atoms with Gasteiger partial charge in [0.25, 0.3) is 0 Å². The number of nitrogens with one attached hydrogen (secondary N) is 1. The van der Waals surface area contributed by atoms with Crippen LogP contribution in [0.25, 0.3) is 0 Å². The zero-order chi connectivity index (χ0) is 19.4. The van der Waals surface area contributed by atoms with Crippen LogP contribution in [0.4, 0.5) is 17.2 Å². The van der Waals surface area contributed by atoms with E-state index in [9.17, 15) is 10.1 Å². The molecule has 27 heavy (non-hydrogen) atoms. The summed E-state index contributed by atoms with van der Waals surface area (Å²) in [5.74, 6) is 0.965. The molecule has 3 aromatic rings. The van der Waals surface area contributed by atoms with Crippen molar-refractivity contribution < 1.29 is 14.4 Å². The summed E-state index contributed by atoms with van der Waals surface area (Å²) >= 11 is 0. The quantitative estimate of drug-likeness (QED) is 0.505. The number of methoxy groups -OCH3 is 1. The number of nitrogens with zero attached hydrogens (tertiary/aromatic N) is 3. The lowest BCUT2D eigenvalue weighted by Crippen LogP contribution is -2.04. The molecule has 0 aliphatic heterocycles. The van der Waals surface area contributed by atoms with E-state index in [0.717, 1.165) is 16.8 Å². The molecule has 3 rings (SSSR count). The zero-order valence-electron chi connectivity index (χ0n) is 15.1. The van der Waals surface area contributed by atoms with E-state index in [4.69, 9.17) is 9.47 Å². The highest BCUT2D eigenvalue weighted by molar-refractivity contribution is 5.71. The molecule has 0 saturated heterocycles. The summed E-state index contributed by atoms with van der Waals surface area (Å²) in [6.45, 7) is 3.90. The predicted octanol–water partition coefficient (Wildman–Crippen LogP) is 4.55. The molecule has 0 aliphatic carbocycles. The number of aromatic nitrogens is 2. The maximum Gasteiger partial charge on any atom is 0.373 e. The van der Waals surface area contributed by atoms with Crippen LogP contribution in [0.2, 0.25) is 0 Å². The highest BCUT2D eigenvalue weighted by atomic mass is 16.6. The van der Waals surface area contributed by atoms with Gasteiger partial charge in [-0.05, 0) is 55.3 Å². The summed E-state index contributed by atoms with van der Waals surface area (Å²) in [4.78, 5) is 19.1. The number of benzene rings is 2. The van der Waals surface area contributed by atoms with Crippen LogP contribution < -0.4 is 14.8 Å². The molecule has 0 aliphatic rings. The third-order valence-electron chi connectivity index (χ3n) is 4.10. The molecule has 138 valence electrons. The monoisotopic (exact) mass is 366 g/mol. The summed E-state index contributed by atoms with van der Waals surface area (Å²) in [7, 11) is 1.55. The average Bonchev–Trinajstić information content (AvgIpc) is 2.66. The fourth-order valence-electron chi connectivity index (χ4n) is 2.46. The van der Waals surface area contributed by atoms with Crippen molar-refractivity contribution in [2.75, 3.05) is 12.4 Å². The lowest BCUT2D eigenvalue weighted by atomic mass is 10.1. The van der Waals surface area contributed by atoms with Crippen LogP contribution >= 0.6 is 0 Å². The van der Waals surface area contributed by atoms with Crippen molar-refractivity contribution in [1.29, 1.82) is 0 Å². The third-order valence-corrected chi connectivity index (χ3v) is 4.10. The van der Waals surface area contributed by atoms with E-state index in [1.807, 2.05) is 32.0 Å². The van der Waals surface area contributed by atoms with Crippen molar-refractivity contribution in [3.8, 4) is 17.4 Å². The Labute approximate surface area is 156 Å². The van der Waals surface area contributed by atoms with Gasteiger partial charge in [-0.25, -0.2) is 4.98 Å². The van der Waals surface area contributed by atoms with E-state index in [1.165, 1.54) is 6.33 Å². The molecule has 1 N–H and O–H groups in total. The highest BCUT2D eigenvalue weighted by Crippen LogP contribution is 2.36. The number of aryl methyl sites for hydroxylation is 1. The van der Waals surface area contributed by atoms with Crippen molar-refractivity contribution in [3.63, 3.8) is 0 Å². The van der Waals surface area contributed by atoms with Crippen LogP contribution in [-0.4, -0.2) is 22.0 Å². The van der Waals surface area contributed by atoms with Gasteiger partial charge >= 0.3 is 11.6 Å². The van der Waals surface area contributed by atoms with Gasteiger partial charge in [0, 0.05) is 5.69 Å². The molecule has 2 aromatic carbocycles. The summed E-state index contributed by atoms with van der Waals surface area (Å²) in [6, 6.07) is 12.3. The van der Waals surface area contributed by atoms with Gasteiger partial charge in [-0.15, -0.1) is 0 Å². The van der Waals surface area contributed by atoms with E-state index in [1.54, 1.807) is 31.4 Å². The Morgan fingerprint density at radius 2 is 1.74 bits per heavy atom. The molecule has 1 aromatic heterocycles. The number of nitro groups is 1. The van der Waals surface area contributed by atoms with Gasteiger partial charge in [0.2, 0.25) is 5.82 Å². The molecule has 0 unspecified atom stereocenters. The molecule has 0 bridgehead atoms. The van der Waals surface area contributed by atoms with Gasteiger partial charge in [-0.3, -0.25) is 10.1 Å². The topological polar surface area (TPSA) is 99.4 Å². The smallest absolute Gasteiger partial charge is 0.373 e. The van der Waals surface area contributed by atoms with E-state index >= 15 is 0 Å². The van der Waals surface area contributed by atoms with E-state index in [-0.39, 0.29) is 17.4 Å². The second-order valence-corrected chi connectivity index (χ2v) is 5.78. The molecule has 0 amide bonds. The molecule has 0 saturated carbocycles. The summed E-state index contributed by atoms with van der Waals surface area (Å²) < 4.78 is 10.7. The first-order chi connectivity index (χ1) is 13.0. The Morgan fingerprint density at radius 1 is 1.04 bits per heavy atom. The fraction of sp³-hybridized carbons (Fsp3) is 0.158. The molecule has 8 heteroatoms. The lowest BCUT2D eigenvalue weighted by molar-refractivity contribution is -0.385. The third kappa shape index (κ3) is 3.95. The number of hydrogen-bond donors (Lipinski definition) is 1. The highest BCUT2D eigenvalue weighted by Gasteiger charge is 2.25. The van der Waals surface area contributed by atoms with Crippen LogP contribution in [0.5, 0.6) is 17.4 Å². The molecule has 1 heterocycles. The molecular formula is C19H18N4O4. The SMILES string of the molecule is COc1ccc(Oc2ncnc(Nc3cccc(C)c3C)c2[N+](=O)[O-])cc1. The average molecular weight is 366 g/mol. The summed E-state index contributed by atoms with van der Waals surface area (Å²) in [5.41, 5.74) is 2.43. The minimum Gasteiger partial charge on any atom is -0.497 e. The largest absolute Gasteiger partial charge is 0.497 e. The van der Waals surface area contributed by atoms with Crippen LogP contribution in [0.15, 0.2) is 48.8 Å². The maximum atomic E-state index is 11.7. The molecule has 0 radical (unpaired) electrons. The molecule has 0 fully saturated rings. The van der Waals surface area contributed by atoms with E-state index < -0.39 is 4.92 Å². The van der Waals surface area contributed by atoms with Gasteiger partial charge in [0.1, 0.15) is 17.8 Å². The number of hydrogen-bond acceptors (Lipinski definition) is 7. The van der Waals surface area contributed by atoms with Crippen molar-refractivity contribution >= 4 is 17.2 Å². The first-order valence-corrected chi connectivity index (χ1v) is 8.14. The van der Waals surface area contributed by atoms with Crippen molar-refractivity contribution in [3.05, 3.63) is 70.0 Å². The second kappa shape index (κ2) is 7.69. The number of rotatable bonds is 6. The fourth-order valence-corrected chi connectivity index (χ4v) is 2.46. The Bertz CT molecular complexity index is 974. The summed E-state index contributed by atoms with van der Waals surface area (Å²) in [6.07, 6.45) is 1.22. The Morgan fingerprint density at radius 3 is 2.41 bits per heavy atom. The van der Waals surface area contributed by atoms with Gasteiger partial charge in [0.15, 0.2) is 0 Å². The Hall–Kier alpha value is -3.68. The zero-order valence-corrected chi connectivity index (χ0v) is 15.1. The predicted molar refractivity (Wildman–Crippen MR) is 101 cm³/mol. The molecule has 8 nitrogen and oxygen atoms in total. The number of ether oxygens (including phenoxy) is 2. The minimum atomic E-state index is -0.563. The van der Waals surface area contributed by atoms with Crippen molar-refractivity contribution in [2.45, 2.75) is 13.8 Å². The number of anilines is 2. The van der Waals surface area contributed by atoms with Crippen LogP contribution in [0.1, 0.15) is 11.1 Å². The summed E-state index contributed by atoms with van der Waals surface area (Å²) in [5, 5.41) is 14.7. The molecule has 0 spiro atoms. The second-order valence-electron chi connectivity index (χ2n) is 5.78. The maximum absolute atomic E-state index is 11.7. The Kier molecular flexibility index (Phi) is 5.16. The Balaban J connectivity index is 1.97. The standard InChI is InChI=1S/C19H18N4O4/c1-12-5-4-6-16(13(12)2)22-18-17(23(24)25)19(21-11-20-18)27-15-9-7-14(26-3)8-10-15/h4-11H,1-3H3,(H,20,21,22). The van der Waals surface area contributed by atoms with Crippen molar-refractivity contribution in [2.24, 2.45) is 0 Å². The van der Waals surface area contributed by atoms with Crippen LogP contribution in [0.3, 0.4) is 0 Å². The van der Waals surface area contributed by atoms with E-state index in [0.29, 0.717) is 11.5 Å². The van der Waals surface area contributed by atoms with Gasteiger partial charge in [-0.1, -0.05) is 12.1 Å². The van der Waals surface area contributed by atoms with Crippen LogP contribution in [0, 0.1) is 24.0 Å².